The number of allylic oxidation sites excluding steroid dienone is 4. The Balaban J connectivity index is 4.16. The second kappa shape index (κ2) is 4.46. The van der Waals surface area contributed by atoms with Gasteiger partial charge in [0.05, 0.1) is 0 Å². The van der Waals surface area contributed by atoms with Crippen LogP contribution in [0, 0.1) is 12.3 Å². The fourth-order valence-corrected chi connectivity index (χ4v) is 0.414. The second-order valence-corrected chi connectivity index (χ2v) is 1.71. The standard InChI is InChI=1S/C9H10O/c1-4-9(5-2)7-6-8(3)10/h1,5-7,10H,3H2,2H3/b7-6-,9-5-. The van der Waals surface area contributed by atoms with E-state index in [9.17, 15) is 0 Å². The highest BCUT2D eigenvalue weighted by molar-refractivity contribution is 5.37. The zero-order chi connectivity index (χ0) is 7.98. The maximum atomic E-state index is 8.62. The molecule has 0 fully saturated rings. The van der Waals surface area contributed by atoms with Crippen LogP contribution in [0.2, 0.25) is 0 Å². The first-order valence-corrected chi connectivity index (χ1v) is 2.89. The van der Waals surface area contributed by atoms with Gasteiger partial charge in [-0.2, -0.15) is 0 Å². The number of terminal acetylenes is 1. The van der Waals surface area contributed by atoms with Crippen LogP contribution in [-0.2, 0) is 0 Å². The number of aliphatic hydroxyl groups excluding tert-OH is 1. The van der Waals surface area contributed by atoms with Crippen molar-refractivity contribution in [2.75, 3.05) is 0 Å². The molecule has 0 aliphatic heterocycles. The van der Waals surface area contributed by atoms with Gasteiger partial charge in [-0.3, -0.25) is 0 Å². The molecule has 0 unspecified atom stereocenters. The molecule has 1 N–H and O–H groups in total. The van der Waals surface area contributed by atoms with Crippen LogP contribution in [0.5, 0.6) is 0 Å². The highest BCUT2D eigenvalue weighted by atomic mass is 16.3. The summed E-state index contributed by atoms with van der Waals surface area (Å²) in [5.41, 5.74) is 0.732. The molecule has 10 heavy (non-hydrogen) atoms. The summed E-state index contributed by atoms with van der Waals surface area (Å²) in [6.07, 6.45) is 9.95. The molecular weight excluding hydrogens is 124 g/mol. The van der Waals surface area contributed by atoms with E-state index in [0.717, 1.165) is 5.57 Å². The van der Waals surface area contributed by atoms with Crippen molar-refractivity contribution in [2.45, 2.75) is 6.92 Å². The first-order chi connectivity index (χ1) is 4.70. The number of hydrogen-bond donors (Lipinski definition) is 1. The molecule has 0 aromatic rings. The van der Waals surface area contributed by atoms with Crippen LogP contribution in [0.15, 0.2) is 36.1 Å². The summed E-state index contributed by atoms with van der Waals surface area (Å²) in [5, 5.41) is 8.62. The molecule has 0 aliphatic carbocycles. The van der Waals surface area contributed by atoms with E-state index in [-0.39, 0.29) is 5.76 Å². The molecule has 0 bridgehead atoms. The van der Waals surface area contributed by atoms with Gasteiger partial charge in [-0.15, -0.1) is 6.42 Å². The Hall–Kier alpha value is -1.42. The fourth-order valence-electron chi connectivity index (χ4n) is 0.414. The molecule has 52 valence electrons. The van der Waals surface area contributed by atoms with Crippen molar-refractivity contribution in [1.82, 2.24) is 0 Å². The highest BCUT2D eigenvalue weighted by Gasteiger charge is 1.81. The zero-order valence-electron chi connectivity index (χ0n) is 5.96. The molecule has 0 saturated carbocycles. The van der Waals surface area contributed by atoms with E-state index in [0.29, 0.717) is 0 Å². The van der Waals surface area contributed by atoms with Gasteiger partial charge in [0, 0.05) is 5.57 Å². The summed E-state index contributed by atoms with van der Waals surface area (Å²) in [4.78, 5) is 0. The third kappa shape index (κ3) is 3.57. The van der Waals surface area contributed by atoms with Gasteiger partial charge in [0.2, 0.25) is 0 Å². The molecule has 0 radical (unpaired) electrons. The SMILES string of the molecule is C#CC(/C=C\C(=C)O)=C/C. The van der Waals surface area contributed by atoms with Gasteiger partial charge >= 0.3 is 0 Å². The third-order valence-electron chi connectivity index (χ3n) is 0.933. The van der Waals surface area contributed by atoms with Crippen LogP contribution < -0.4 is 0 Å². The Morgan fingerprint density at radius 3 is 2.50 bits per heavy atom. The number of rotatable bonds is 2. The Kier molecular flexibility index (Phi) is 3.83. The van der Waals surface area contributed by atoms with Crippen LogP contribution in [0.1, 0.15) is 6.92 Å². The molecule has 0 amide bonds. The van der Waals surface area contributed by atoms with Crippen molar-refractivity contribution in [3.05, 3.63) is 36.1 Å². The van der Waals surface area contributed by atoms with Gasteiger partial charge in [-0.1, -0.05) is 18.6 Å². The molecule has 0 spiro atoms. The zero-order valence-corrected chi connectivity index (χ0v) is 5.96. The second-order valence-electron chi connectivity index (χ2n) is 1.71. The van der Waals surface area contributed by atoms with Crippen molar-refractivity contribution >= 4 is 0 Å². The molecule has 0 rings (SSSR count). The van der Waals surface area contributed by atoms with Crippen molar-refractivity contribution in [3.63, 3.8) is 0 Å². The van der Waals surface area contributed by atoms with Gasteiger partial charge in [-0.05, 0) is 19.1 Å². The lowest BCUT2D eigenvalue weighted by Crippen LogP contribution is -1.71. The van der Waals surface area contributed by atoms with Gasteiger partial charge in [0.1, 0.15) is 5.76 Å². The predicted molar refractivity (Wildman–Crippen MR) is 43.5 cm³/mol. The normalized spacial score (nSPS) is 11.4. The van der Waals surface area contributed by atoms with Crippen molar-refractivity contribution < 1.29 is 5.11 Å². The smallest absolute Gasteiger partial charge is 0.108 e. The molecule has 0 saturated heterocycles. The minimum Gasteiger partial charge on any atom is -0.509 e. The van der Waals surface area contributed by atoms with Crippen LogP contribution >= 0.6 is 0 Å². The number of hydrogen-bond acceptors (Lipinski definition) is 1. The lowest BCUT2D eigenvalue weighted by Gasteiger charge is -1.86. The Labute approximate surface area is 61.4 Å². The Bertz CT molecular complexity index is 213. The fraction of sp³-hybridized carbons (Fsp3) is 0.111. The van der Waals surface area contributed by atoms with E-state index in [1.807, 2.05) is 6.92 Å². The average Bonchev–Trinajstić information content (AvgIpc) is 1.90. The third-order valence-corrected chi connectivity index (χ3v) is 0.933. The van der Waals surface area contributed by atoms with Gasteiger partial charge in [0.15, 0.2) is 0 Å². The number of aliphatic hydroxyl groups is 1. The monoisotopic (exact) mass is 134 g/mol. The molecule has 0 heterocycles. The maximum Gasteiger partial charge on any atom is 0.108 e. The van der Waals surface area contributed by atoms with Gasteiger partial charge in [-0.25, -0.2) is 0 Å². The first-order valence-electron chi connectivity index (χ1n) is 2.89. The van der Waals surface area contributed by atoms with Crippen LogP contribution in [0.4, 0.5) is 0 Å². The van der Waals surface area contributed by atoms with E-state index in [1.165, 1.54) is 6.08 Å². The summed E-state index contributed by atoms with van der Waals surface area (Å²) in [6, 6.07) is 0. The maximum absolute atomic E-state index is 8.62. The summed E-state index contributed by atoms with van der Waals surface area (Å²) in [5.74, 6) is 2.44. The molecule has 1 heteroatoms. The van der Waals surface area contributed by atoms with E-state index in [4.69, 9.17) is 11.5 Å². The van der Waals surface area contributed by atoms with Crippen molar-refractivity contribution in [1.29, 1.82) is 0 Å². The van der Waals surface area contributed by atoms with Crippen molar-refractivity contribution in [2.24, 2.45) is 0 Å². The molecule has 0 aliphatic rings. The summed E-state index contributed by atoms with van der Waals surface area (Å²) >= 11 is 0. The van der Waals surface area contributed by atoms with Crippen molar-refractivity contribution in [3.8, 4) is 12.3 Å². The lowest BCUT2D eigenvalue weighted by atomic mass is 10.2. The van der Waals surface area contributed by atoms with Gasteiger partial charge in [0.25, 0.3) is 0 Å². The minimum absolute atomic E-state index is 0.00889. The molecular formula is C9H10O. The summed E-state index contributed by atoms with van der Waals surface area (Å²) < 4.78 is 0. The molecule has 0 atom stereocenters. The van der Waals surface area contributed by atoms with E-state index >= 15 is 0 Å². The highest BCUT2D eigenvalue weighted by Crippen LogP contribution is 1.95. The van der Waals surface area contributed by atoms with E-state index < -0.39 is 0 Å². The minimum atomic E-state index is 0.00889. The largest absolute Gasteiger partial charge is 0.509 e. The van der Waals surface area contributed by atoms with E-state index in [2.05, 4.69) is 12.5 Å². The van der Waals surface area contributed by atoms with Crippen LogP contribution in [0.25, 0.3) is 0 Å². The Morgan fingerprint density at radius 1 is 1.60 bits per heavy atom. The molecule has 1 nitrogen and oxygen atoms in total. The average molecular weight is 134 g/mol. The quantitative estimate of drug-likeness (QED) is 0.348. The summed E-state index contributed by atoms with van der Waals surface area (Å²) in [7, 11) is 0. The van der Waals surface area contributed by atoms with E-state index in [1.54, 1.807) is 12.2 Å². The molecule has 0 aromatic heterocycles. The lowest BCUT2D eigenvalue weighted by molar-refractivity contribution is 0.435. The predicted octanol–water partition coefficient (Wildman–Crippen LogP) is 2.19. The molecule has 0 aromatic carbocycles. The van der Waals surface area contributed by atoms with Crippen LogP contribution in [-0.4, -0.2) is 5.11 Å². The Morgan fingerprint density at radius 2 is 2.20 bits per heavy atom. The topological polar surface area (TPSA) is 20.2 Å². The van der Waals surface area contributed by atoms with Crippen LogP contribution in [0.3, 0.4) is 0 Å². The summed E-state index contributed by atoms with van der Waals surface area (Å²) in [6.45, 7) is 5.10. The first kappa shape index (κ1) is 8.58. The van der Waals surface area contributed by atoms with Gasteiger partial charge < -0.3 is 5.11 Å².